The number of nitrogens with one attached hydrogen (secondary N) is 1. The Balaban J connectivity index is 1.94. The molecule has 0 aliphatic heterocycles. The lowest BCUT2D eigenvalue weighted by Crippen LogP contribution is -1.96. The number of aromatic nitrogens is 3. The minimum atomic E-state index is 0.826. The highest BCUT2D eigenvalue weighted by Crippen LogP contribution is 2.17. The minimum Gasteiger partial charge on any atom is -0.324 e. The highest BCUT2D eigenvalue weighted by atomic mass is 15.1. The number of hydrogen-bond acceptors (Lipinski definition) is 3. The number of fused-ring (bicyclic) bond motifs is 1. The predicted molar refractivity (Wildman–Crippen MR) is 81.5 cm³/mol. The van der Waals surface area contributed by atoms with Gasteiger partial charge in [-0.3, -0.25) is 0 Å². The molecule has 0 fully saturated rings. The van der Waals surface area contributed by atoms with Crippen LogP contribution in [0.2, 0.25) is 0 Å². The summed E-state index contributed by atoms with van der Waals surface area (Å²) in [6.07, 6.45) is 3.94. The summed E-state index contributed by atoms with van der Waals surface area (Å²) in [5.41, 5.74) is 3.28. The van der Waals surface area contributed by atoms with Gasteiger partial charge in [0.2, 0.25) is 0 Å². The summed E-state index contributed by atoms with van der Waals surface area (Å²) in [5, 5.41) is 3.28. The summed E-state index contributed by atoms with van der Waals surface area (Å²) in [6, 6.07) is 12.2. The minimum absolute atomic E-state index is 0.826. The molecule has 0 bridgehead atoms. The van der Waals surface area contributed by atoms with Crippen LogP contribution in [0.5, 0.6) is 0 Å². The number of nitrogens with zero attached hydrogens (tertiary/aromatic N) is 3. The van der Waals surface area contributed by atoms with Gasteiger partial charge in [0.1, 0.15) is 11.5 Å². The Bertz CT molecular complexity index is 730. The summed E-state index contributed by atoms with van der Waals surface area (Å²) in [4.78, 5) is 9.12. The largest absolute Gasteiger partial charge is 0.324 e. The molecule has 3 aromatic heterocycles. The van der Waals surface area contributed by atoms with Crippen LogP contribution in [-0.4, -0.2) is 14.4 Å². The third kappa shape index (κ3) is 2.37. The smallest absolute Gasteiger partial charge is 0.150 e. The fourth-order valence-corrected chi connectivity index (χ4v) is 2.29. The number of rotatable bonds is 4. The zero-order valence-corrected chi connectivity index (χ0v) is 11.8. The SMILES string of the molecule is CCc1cccc(Nc2cn3c(CC)cccc3n2)n1. The van der Waals surface area contributed by atoms with E-state index in [1.165, 1.54) is 5.69 Å². The summed E-state index contributed by atoms with van der Waals surface area (Å²) >= 11 is 0. The van der Waals surface area contributed by atoms with Crippen molar-refractivity contribution in [3.8, 4) is 0 Å². The first-order chi connectivity index (χ1) is 9.80. The van der Waals surface area contributed by atoms with Crippen LogP contribution < -0.4 is 5.32 Å². The lowest BCUT2D eigenvalue weighted by atomic mass is 10.3. The fourth-order valence-electron chi connectivity index (χ4n) is 2.29. The van der Waals surface area contributed by atoms with E-state index in [1.54, 1.807) is 0 Å². The first kappa shape index (κ1) is 12.7. The molecule has 0 aromatic carbocycles. The molecule has 0 aliphatic carbocycles. The average molecular weight is 266 g/mol. The highest BCUT2D eigenvalue weighted by molar-refractivity contribution is 5.57. The van der Waals surface area contributed by atoms with Crippen molar-refractivity contribution in [1.82, 2.24) is 14.4 Å². The molecule has 20 heavy (non-hydrogen) atoms. The zero-order valence-electron chi connectivity index (χ0n) is 11.8. The predicted octanol–water partition coefficient (Wildman–Crippen LogP) is 3.60. The topological polar surface area (TPSA) is 42.2 Å². The molecular weight excluding hydrogens is 248 g/mol. The van der Waals surface area contributed by atoms with Gasteiger partial charge in [0, 0.05) is 11.4 Å². The van der Waals surface area contributed by atoms with Gasteiger partial charge in [-0.05, 0) is 37.1 Å². The summed E-state index contributed by atoms with van der Waals surface area (Å²) in [7, 11) is 0. The molecule has 0 unspecified atom stereocenters. The third-order valence-corrected chi connectivity index (χ3v) is 3.36. The van der Waals surface area contributed by atoms with E-state index in [-0.39, 0.29) is 0 Å². The van der Waals surface area contributed by atoms with Gasteiger partial charge in [-0.15, -0.1) is 0 Å². The van der Waals surface area contributed by atoms with Crippen molar-refractivity contribution in [1.29, 1.82) is 0 Å². The second kappa shape index (κ2) is 5.33. The molecule has 0 radical (unpaired) electrons. The lowest BCUT2D eigenvalue weighted by molar-refractivity contribution is 0.980. The van der Waals surface area contributed by atoms with Crippen LogP contribution in [0.25, 0.3) is 5.65 Å². The molecule has 3 heterocycles. The summed E-state index contributed by atoms with van der Waals surface area (Å²) in [5.74, 6) is 1.66. The van der Waals surface area contributed by atoms with Crippen LogP contribution in [0.15, 0.2) is 42.6 Å². The van der Waals surface area contributed by atoms with Gasteiger partial charge in [-0.2, -0.15) is 0 Å². The average Bonchev–Trinajstić information content (AvgIpc) is 2.89. The van der Waals surface area contributed by atoms with Gasteiger partial charge in [0.15, 0.2) is 5.82 Å². The Hall–Kier alpha value is -2.36. The molecular formula is C16H18N4. The van der Waals surface area contributed by atoms with Gasteiger partial charge < -0.3 is 9.72 Å². The Morgan fingerprint density at radius 2 is 1.80 bits per heavy atom. The van der Waals surface area contributed by atoms with Crippen molar-refractivity contribution in [3.63, 3.8) is 0 Å². The Kier molecular flexibility index (Phi) is 3.37. The molecule has 0 amide bonds. The number of aryl methyl sites for hydroxylation is 2. The Morgan fingerprint density at radius 3 is 2.60 bits per heavy atom. The van der Waals surface area contributed by atoms with Crippen LogP contribution in [0, 0.1) is 0 Å². The zero-order chi connectivity index (χ0) is 13.9. The maximum absolute atomic E-state index is 4.58. The van der Waals surface area contributed by atoms with Gasteiger partial charge in [0.25, 0.3) is 0 Å². The van der Waals surface area contributed by atoms with Gasteiger partial charge in [-0.25, -0.2) is 9.97 Å². The van der Waals surface area contributed by atoms with Crippen LogP contribution in [-0.2, 0) is 12.8 Å². The Labute approximate surface area is 118 Å². The summed E-state index contributed by atoms with van der Waals surface area (Å²) in [6.45, 7) is 4.25. The molecule has 0 saturated carbocycles. The maximum atomic E-state index is 4.58. The fraction of sp³-hybridized carbons (Fsp3) is 0.250. The normalized spacial score (nSPS) is 10.9. The van der Waals surface area contributed by atoms with E-state index >= 15 is 0 Å². The van der Waals surface area contributed by atoms with Crippen LogP contribution >= 0.6 is 0 Å². The van der Waals surface area contributed by atoms with Gasteiger partial charge in [0.05, 0.1) is 6.20 Å². The number of hydrogen-bond donors (Lipinski definition) is 1. The van der Waals surface area contributed by atoms with E-state index in [2.05, 4.69) is 39.6 Å². The monoisotopic (exact) mass is 266 g/mol. The molecule has 4 heteroatoms. The molecule has 0 atom stereocenters. The molecule has 4 nitrogen and oxygen atoms in total. The number of imidazole rings is 1. The summed E-state index contributed by atoms with van der Waals surface area (Å²) < 4.78 is 2.12. The van der Waals surface area contributed by atoms with E-state index in [0.717, 1.165) is 35.8 Å². The van der Waals surface area contributed by atoms with Gasteiger partial charge >= 0.3 is 0 Å². The second-order valence-electron chi connectivity index (χ2n) is 4.72. The standard InChI is InChI=1S/C16H18N4/c1-3-12-7-5-9-14(17-12)18-15-11-20-13(4-2)8-6-10-16(20)19-15/h5-11H,3-4H2,1-2H3,(H,17,18). The van der Waals surface area contributed by atoms with Crippen LogP contribution in [0.1, 0.15) is 25.2 Å². The second-order valence-corrected chi connectivity index (χ2v) is 4.72. The van der Waals surface area contributed by atoms with Crippen molar-refractivity contribution in [2.45, 2.75) is 26.7 Å². The van der Waals surface area contributed by atoms with Crippen molar-refractivity contribution in [3.05, 3.63) is 54.0 Å². The first-order valence-electron chi connectivity index (χ1n) is 7.00. The molecule has 3 rings (SSSR count). The third-order valence-electron chi connectivity index (χ3n) is 3.36. The highest BCUT2D eigenvalue weighted by Gasteiger charge is 2.05. The van der Waals surface area contributed by atoms with Crippen molar-refractivity contribution in [2.75, 3.05) is 5.32 Å². The molecule has 102 valence electrons. The quantitative estimate of drug-likeness (QED) is 0.784. The lowest BCUT2D eigenvalue weighted by Gasteiger charge is -2.03. The van der Waals surface area contributed by atoms with E-state index in [0.29, 0.717) is 0 Å². The van der Waals surface area contributed by atoms with Crippen LogP contribution in [0.4, 0.5) is 11.6 Å². The van der Waals surface area contributed by atoms with Crippen LogP contribution in [0.3, 0.4) is 0 Å². The van der Waals surface area contributed by atoms with E-state index in [9.17, 15) is 0 Å². The van der Waals surface area contributed by atoms with Crippen molar-refractivity contribution >= 4 is 17.3 Å². The van der Waals surface area contributed by atoms with Crippen molar-refractivity contribution in [2.24, 2.45) is 0 Å². The molecule has 0 saturated heterocycles. The van der Waals surface area contributed by atoms with Crippen molar-refractivity contribution < 1.29 is 0 Å². The van der Waals surface area contributed by atoms with Gasteiger partial charge in [-0.1, -0.05) is 26.0 Å². The maximum Gasteiger partial charge on any atom is 0.150 e. The molecule has 1 N–H and O–H groups in total. The Morgan fingerprint density at radius 1 is 0.950 bits per heavy atom. The molecule has 0 spiro atoms. The van der Waals surface area contributed by atoms with E-state index in [1.807, 2.05) is 36.5 Å². The van der Waals surface area contributed by atoms with E-state index < -0.39 is 0 Å². The van der Waals surface area contributed by atoms with E-state index in [4.69, 9.17) is 0 Å². The molecule has 3 aromatic rings. The number of pyridine rings is 2. The number of anilines is 2. The molecule has 0 aliphatic rings. The first-order valence-corrected chi connectivity index (χ1v) is 7.00.